The van der Waals surface area contributed by atoms with E-state index in [0.29, 0.717) is 17.0 Å². The van der Waals surface area contributed by atoms with Gasteiger partial charge in [0.15, 0.2) is 17.1 Å². The molecule has 0 spiro atoms. The Balaban J connectivity index is 2.45. The second kappa shape index (κ2) is 7.10. The molecule has 0 fully saturated rings. The number of phenols is 2. The van der Waals surface area contributed by atoms with Crippen molar-refractivity contribution < 1.29 is 33.6 Å². The van der Waals surface area contributed by atoms with Gasteiger partial charge in [-0.25, -0.2) is 0 Å². The van der Waals surface area contributed by atoms with Crippen LogP contribution in [0.25, 0.3) is 22.3 Å². The van der Waals surface area contributed by atoms with Gasteiger partial charge in [0.05, 0.1) is 34.1 Å². The number of anilines is 1. The third-order valence-corrected chi connectivity index (χ3v) is 4.26. The summed E-state index contributed by atoms with van der Waals surface area (Å²) in [5.74, 6) is -1.16. The lowest BCUT2D eigenvalue weighted by Gasteiger charge is -2.15. The van der Waals surface area contributed by atoms with Crippen LogP contribution in [0.1, 0.15) is 0 Å². The van der Waals surface area contributed by atoms with E-state index in [1.165, 1.54) is 34.5 Å². The number of benzene rings is 2. The Hall–Kier alpha value is -3.75. The zero-order valence-electron chi connectivity index (χ0n) is 15.7. The minimum Gasteiger partial charge on any atom is -0.504 e. The van der Waals surface area contributed by atoms with Crippen LogP contribution in [0.5, 0.6) is 34.5 Å². The average molecular weight is 389 g/mol. The molecule has 0 saturated carbocycles. The van der Waals surface area contributed by atoms with Gasteiger partial charge in [0.25, 0.3) is 0 Å². The monoisotopic (exact) mass is 389 g/mol. The van der Waals surface area contributed by atoms with Gasteiger partial charge in [-0.1, -0.05) is 0 Å². The maximum atomic E-state index is 13.0. The van der Waals surface area contributed by atoms with E-state index in [2.05, 4.69) is 0 Å². The quantitative estimate of drug-likeness (QED) is 0.444. The Morgan fingerprint density at radius 1 is 0.893 bits per heavy atom. The highest BCUT2D eigenvalue weighted by atomic mass is 16.5. The first-order valence-electron chi connectivity index (χ1n) is 8.04. The van der Waals surface area contributed by atoms with Crippen LogP contribution in [0.15, 0.2) is 27.4 Å². The predicted molar refractivity (Wildman–Crippen MR) is 102 cm³/mol. The van der Waals surface area contributed by atoms with E-state index in [1.807, 2.05) is 0 Å². The number of methoxy groups -OCH3 is 4. The molecule has 9 nitrogen and oxygen atoms in total. The summed E-state index contributed by atoms with van der Waals surface area (Å²) in [5, 5.41) is 20.7. The van der Waals surface area contributed by atoms with E-state index >= 15 is 0 Å². The Morgan fingerprint density at radius 2 is 1.50 bits per heavy atom. The van der Waals surface area contributed by atoms with Crippen LogP contribution < -0.4 is 30.1 Å². The van der Waals surface area contributed by atoms with Crippen molar-refractivity contribution in [1.29, 1.82) is 0 Å². The van der Waals surface area contributed by atoms with E-state index in [4.69, 9.17) is 29.1 Å². The van der Waals surface area contributed by atoms with Crippen LogP contribution >= 0.6 is 0 Å². The molecule has 3 aromatic rings. The van der Waals surface area contributed by atoms with E-state index in [1.54, 1.807) is 12.1 Å². The number of hydrogen-bond donors (Lipinski definition) is 3. The molecule has 0 aliphatic heterocycles. The fraction of sp³-hybridized carbons (Fsp3) is 0.211. The normalized spacial score (nSPS) is 10.7. The number of rotatable bonds is 5. The molecule has 3 rings (SSSR count). The maximum absolute atomic E-state index is 13.0. The molecule has 2 aromatic carbocycles. The molecule has 0 aliphatic carbocycles. The molecule has 0 aliphatic rings. The van der Waals surface area contributed by atoms with Crippen LogP contribution in [0.4, 0.5) is 5.69 Å². The van der Waals surface area contributed by atoms with Crippen molar-refractivity contribution >= 4 is 16.7 Å². The van der Waals surface area contributed by atoms with Crippen molar-refractivity contribution in [1.82, 2.24) is 0 Å². The molecule has 28 heavy (non-hydrogen) atoms. The fourth-order valence-corrected chi connectivity index (χ4v) is 2.96. The van der Waals surface area contributed by atoms with Gasteiger partial charge in [-0.15, -0.1) is 0 Å². The van der Waals surface area contributed by atoms with Crippen LogP contribution in [0, 0.1) is 0 Å². The number of nitrogens with two attached hydrogens (primary N) is 1. The number of nitrogen functional groups attached to an aromatic ring is 1. The number of fused-ring (bicyclic) bond motifs is 1. The first kappa shape index (κ1) is 19.0. The number of phenolic OH excluding ortho intramolecular Hbond substituents is 2. The zero-order chi connectivity index (χ0) is 20.6. The fourth-order valence-electron chi connectivity index (χ4n) is 2.96. The molecule has 148 valence electrons. The molecule has 0 amide bonds. The third-order valence-electron chi connectivity index (χ3n) is 4.26. The number of aromatic hydroxyl groups is 2. The zero-order valence-corrected chi connectivity index (χ0v) is 15.7. The van der Waals surface area contributed by atoms with Crippen molar-refractivity contribution in [3.05, 3.63) is 28.4 Å². The summed E-state index contributed by atoms with van der Waals surface area (Å²) in [6, 6.07) is 4.74. The molecule has 4 N–H and O–H groups in total. The Kier molecular flexibility index (Phi) is 4.83. The highest BCUT2D eigenvalue weighted by Gasteiger charge is 2.28. The Morgan fingerprint density at radius 3 is 2.04 bits per heavy atom. The van der Waals surface area contributed by atoms with Crippen molar-refractivity contribution in [2.75, 3.05) is 34.2 Å². The summed E-state index contributed by atoms with van der Waals surface area (Å²) in [6.07, 6.45) is 0. The lowest BCUT2D eigenvalue weighted by atomic mass is 10.1. The lowest BCUT2D eigenvalue weighted by molar-refractivity contribution is 0.317. The van der Waals surface area contributed by atoms with Gasteiger partial charge in [0.1, 0.15) is 11.1 Å². The molecule has 0 unspecified atom stereocenters. The summed E-state index contributed by atoms with van der Waals surface area (Å²) in [7, 11) is 5.29. The molecule has 9 heteroatoms. The van der Waals surface area contributed by atoms with Gasteiger partial charge in [-0.2, -0.15) is 0 Å². The van der Waals surface area contributed by atoms with Crippen LogP contribution in [-0.2, 0) is 0 Å². The van der Waals surface area contributed by atoms with Crippen molar-refractivity contribution in [3.63, 3.8) is 0 Å². The molecular formula is C19H19NO8. The second-order valence-electron chi connectivity index (χ2n) is 5.72. The summed E-state index contributed by atoms with van der Waals surface area (Å²) in [4.78, 5) is 13.0. The summed E-state index contributed by atoms with van der Waals surface area (Å²) >= 11 is 0. The summed E-state index contributed by atoms with van der Waals surface area (Å²) < 4.78 is 26.2. The summed E-state index contributed by atoms with van der Waals surface area (Å²) in [6.45, 7) is 0. The highest BCUT2D eigenvalue weighted by molar-refractivity contribution is 5.96. The SMILES string of the molecule is COc1ccc(-c2oc3c(O)c(OC)c(OC)c(O)c3c(=O)c2OC)cc1N. The molecule has 0 bridgehead atoms. The molecular weight excluding hydrogens is 370 g/mol. The van der Waals surface area contributed by atoms with Gasteiger partial charge in [-0.3, -0.25) is 4.79 Å². The van der Waals surface area contributed by atoms with E-state index < -0.39 is 16.9 Å². The van der Waals surface area contributed by atoms with E-state index in [9.17, 15) is 15.0 Å². The second-order valence-corrected chi connectivity index (χ2v) is 5.72. The molecule has 0 radical (unpaired) electrons. The van der Waals surface area contributed by atoms with E-state index in [0.717, 1.165) is 0 Å². The van der Waals surface area contributed by atoms with Gasteiger partial charge in [0.2, 0.25) is 28.4 Å². The van der Waals surface area contributed by atoms with Crippen LogP contribution in [0.3, 0.4) is 0 Å². The first-order chi connectivity index (χ1) is 13.4. The molecule has 1 heterocycles. The van der Waals surface area contributed by atoms with E-state index in [-0.39, 0.29) is 34.0 Å². The van der Waals surface area contributed by atoms with Gasteiger partial charge in [0, 0.05) is 5.56 Å². The van der Waals surface area contributed by atoms with Crippen LogP contribution in [-0.4, -0.2) is 38.7 Å². The Labute approximate surface area is 159 Å². The molecule has 1 aromatic heterocycles. The minimum absolute atomic E-state index is 0.0104. The largest absolute Gasteiger partial charge is 0.504 e. The maximum Gasteiger partial charge on any atom is 0.239 e. The van der Waals surface area contributed by atoms with Gasteiger partial charge in [-0.05, 0) is 18.2 Å². The van der Waals surface area contributed by atoms with Crippen LogP contribution in [0.2, 0.25) is 0 Å². The van der Waals surface area contributed by atoms with Gasteiger partial charge < -0.3 is 39.3 Å². The van der Waals surface area contributed by atoms with Crippen molar-refractivity contribution in [2.24, 2.45) is 0 Å². The standard InChI is InChI=1S/C19H19NO8/c1-24-10-6-5-8(7-9(10)20)15-17(25-2)12(21)11-13(22)18(26-3)19(27-4)14(23)16(11)28-15/h5-7,22-23H,20H2,1-4H3. The Bertz CT molecular complexity index is 1120. The topological polar surface area (TPSA) is 134 Å². The van der Waals surface area contributed by atoms with Gasteiger partial charge >= 0.3 is 0 Å². The third kappa shape index (κ3) is 2.68. The van der Waals surface area contributed by atoms with Crippen molar-refractivity contribution in [3.8, 4) is 45.8 Å². The predicted octanol–water partition coefficient (Wildman–Crippen LogP) is 2.49. The highest BCUT2D eigenvalue weighted by Crippen LogP contribution is 2.50. The number of hydrogen-bond acceptors (Lipinski definition) is 9. The lowest BCUT2D eigenvalue weighted by Crippen LogP contribution is -2.09. The number of ether oxygens (including phenoxy) is 4. The summed E-state index contributed by atoms with van der Waals surface area (Å²) in [5.41, 5.74) is 5.66. The van der Waals surface area contributed by atoms with Crippen molar-refractivity contribution in [2.45, 2.75) is 0 Å². The minimum atomic E-state index is -0.707. The molecule has 0 saturated heterocycles. The average Bonchev–Trinajstić information content (AvgIpc) is 2.69. The first-order valence-corrected chi connectivity index (χ1v) is 8.04. The molecule has 0 atom stereocenters. The smallest absolute Gasteiger partial charge is 0.239 e.